The molecule has 0 aliphatic heterocycles. The smallest absolute Gasteiger partial charge is 0.0953 e. The zero-order valence-corrected chi connectivity index (χ0v) is 19.9. The fraction of sp³-hybridized carbons (Fsp3) is 0.920. The van der Waals surface area contributed by atoms with Gasteiger partial charge in [0.15, 0.2) is 0 Å². The molecule has 2 heteroatoms. The zero-order valence-electron chi connectivity index (χ0n) is 19.2. The lowest BCUT2D eigenvalue weighted by Gasteiger charge is -2.04. The first kappa shape index (κ1) is 29.2. The van der Waals surface area contributed by atoms with E-state index in [1.807, 2.05) is 0 Å². The standard InChI is InChI=1S/C25H51N.ClH/c1-4-5-6-7-8-9-10-11-12-13-14-15-16-17-18-19-20-21-22-23-24-25-26(2)3;/h23-24H,4-22,25H2,1-3H3;1H. The van der Waals surface area contributed by atoms with Crippen molar-refractivity contribution in [1.82, 2.24) is 0 Å². The van der Waals surface area contributed by atoms with Crippen LogP contribution < -0.4 is 17.3 Å². The summed E-state index contributed by atoms with van der Waals surface area (Å²) >= 11 is 0. The molecule has 0 fully saturated rings. The predicted octanol–water partition coefficient (Wildman–Crippen LogP) is 4.12. The van der Waals surface area contributed by atoms with E-state index in [1.165, 1.54) is 133 Å². The molecule has 0 atom stereocenters. The molecule has 0 saturated heterocycles. The fourth-order valence-corrected chi connectivity index (χ4v) is 3.60. The van der Waals surface area contributed by atoms with Gasteiger partial charge in [-0.3, -0.25) is 0 Å². The Kier molecular flexibility index (Phi) is 28.1. The molecule has 0 spiro atoms. The summed E-state index contributed by atoms with van der Waals surface area (Å²) in [5.74, 6) is 0. The Bertz CT molecular complexity index is 275. The maximum absolute atomic E-state index is 2.37. The second-order valence-corrected chi connectivity index (χ2v) is 8.68. The molecule has 0 aromatic heterocycles. The second kappa shape index (κ2) is 26.0. The van der Waals surface area contributed by atoms with Crippen molar-refractivity contribution in [3.05, 3.63) is 12.2 Å². The molecule has 0 saturated carbocycles. The van der Waals surface area contributed by atoms with Crippen molar-refractivity contribution >= 4 is 0 Å². The van der Waals surface area contributed by atoms with E-state index < -0.39 is 0 Å². The van der Waals surface area contributed by atoms with Crippen LogP contribution in [0.25, 0.3) is 0 Å². The van der Waals surface area contributed by atoms with Gasteiger partial charge in [0.05, 0.1) is 20.6 Å². The molecular formula is C25H52ClN. The van der Waals surface area contributed by atoms with Crippen LogP contribution in [0.2, 0.25) is 0 Å². The van der Waals surface area contributed by atoms with Crippen molar-refractivity contribution in [2.24, 2.45) is 0 Å². The molecule has 0 rings (SSSR count). The van der Waals surface area contributed by atoms with Crippen molar-refractivity contribution in [2.75, 3.05) is 20.6 Å². The Labute approximate surface area is 179 Å². The maximum atomic E-state index is 2.37. The first-order chi connectivity index (χ1) is 12.8. The van der Waals surface area contributed by atoms with Crippen LogP contribution in [0.4, 0.5) is 0 Å². The minimum absolute atomic E-state index is 0. The number of rotatable bonds is 21. The number of hydrogen-bond donors (Lipinski definition) is 1. The van der Waals surface area contributed by atoms with Crippen molar-refractivity contribution in [3.8, 4) is 0 Å². The Morgan fingerprint density at radius 1 is 0.481 bits per heavy atom. The van der Waals surface area contributed by atoms with Gasteiger partial charge < -0.3 is 17.3 Å². The molecule has 0 aromatic carbocycles. The third kappa shape index (κ3) is 28.3. The number of hydrogen-bond acceptors (Lipinski definition) is 0. The van der Waals surface area contributed by atoms with E-state index in [0.29, 0.717) is 0 Å². The van der Waals surface area contributed by atoms with E-state index in [-0.39, 0.29) is 12.4 Å². The lowest BCUT2D eigenvalue weighted by Crippen LogP contribution is -3.05. The summed E-state index contributed by atoms with van der Waals surface area (Å²) in [6.07, 6.45) is 32.3. The minimum Gasteiger partial charge on any atom is -1.00 e. The number of likely N-dealkylation sites (N-methyl/N-ethyl adjacent to an activating group) is 1. The van der Waals surface area contributed by atoms with E-state index in [4.69, 9.17) is 0 Å². The van der Waals surface area contributed by atoms with Crippen LogP contribution in [0.5, 0.6) is 0 Å². The van der Waals surface area contributed by atoms with E-state index in [9.17, 15) is 0 Å². The van der Waals surface area contributed by atoms with E-state index in [1.54, 1.807) is 0 Å². The highest BCUT2D eigenvalue weighted by Gasteiger charge is 1.95. The molecule has 164 valence electrons. The van der Waals surface area contributed by atoms with Crippen LogP contribution in [0.3, 0.4) is 0 Å². The van der Waals surface area contributed by atoms with E-state index in [2.05, 4.69) is 33.2 Å². The highest BCUT2D eigenvalue weighted by atomic mass is 35.5. The Morgan fingerprint density at radius 2 is 0.815 bits per heavy atom. The van der Waals surface area contributed by atoms with Crippen LogP contribution in [0.1, 0.15) is 129 Å². The van der Waals surface area contributed by atoms with Crippen molar-refractivity contribution in [1.29, 1.82) is 0 Å². The summed E-state index contributed by atoms with van der Waals surface area (Å²) in [6.45, 7) is 3.47. The maximum Gasteiger partial charge on any atom is 0.0953 e. The number of quaternary nitrogens is 1. The molecule has 0 aliphatic rings. The van der Waals surface area contributed by atoms with Gasteiger partial charge >= 0.3 is 0 Å². The molecule has 0 amide bonds. The minimum atomic E-state index is 0. The van der Waals surface area contributed by atoms with Gasteiger partial charge in [-0.1, -0.05) is 122 Å². The monoisotopic (exact) mass is 401 g/mol. The van der Waals surface area contributed by atoms with Crippen LogP contribution in [0, 0.1) is 0 Å². The van der Waals surface area contributed by atoms with Gasteiger partial charge in [-0.15, -0.1) is 0 Å². The van der Waals surface area contributed by atoms with E-state index >= 15 is 0 Å². The number of nitrogens with one attached hydrogen (secondary N) is 1. The summed E-state index contributed by atoms with van der Waals surface area (Å²) in [5, 5.41) is 0. The molecule has 0 aromatic rings. The summed E-state index contributed by atoms with van der Waals surface area (Å²) in [5.41, 5.74) is 0. The van der Waals surface area contributed by atoms with Gasteiger partial charge in [0, 0.05) is 0 Å². The lowest BCUT2D eigenvalue weighted by molar-refractivity contribution is -0.851. The highest BCUT2D eigenvalue weighted by Crippen LogP contribution is 2.14. The largest absolute Gasteiger partial charge is 1.00 e. The average Bonchev–Trinajstić information content (AvgIpc) is 2.62. The van der Waals surface area contributed by atoms with Crippen LogP contribution in [-0.4, -0.2) is 20.6 Å². The molecule has 1 N–H and O–H groups in total. The van der Waals surface area contributed by atoms with Crippen LogP contribution in [0.15, 0.2) is 12.2 Å². The topological polar surface area (TPSA) is 4.44 Å². The third-order valence-electron chi connectivity index (χ3n) is 5.42. The second-order valence-electron chi connectivity index (χ2n) is 8.68. The van der Waals surface area contributed by atoms with Crippen LogP contribution >= 0.6 is 0 Å². The molecule has 0 radical (unpaired) electrons. The SMILES string of the molecule is CCCCCCCCCCCCCCCCCCCCC=CC[NH+](C)C.[Cl-]. The molecular weight excluding hydrogens is 350 g/mol. The summed E-state index contributed by atoms with van der Waals surface area (Å²) in [4.78, 5) is 1.51. The number of unbranched alkanes of at least 4 members (excludes halogenated alkanes) is 18. The molecule has 1 nitrogen and oxygen atoms in total. The highest BCUT2D eigenvalue weighted by molar-refractivity contribution is 4.80. The fourth-order valence-electron chi connectivity index (χ4n) is 3.60. The zero-order chi connectivity index (χ0) is 19.1. The first-order valence-electron chi connectivity index (χ1n) is 12.2. The summed E-state index contributed by atoms with van der Waals surface area (Å²) < 4.78 is 0. The Morgan fingerprint density at radius 3 is 1.15 bits per heavy atom. The van der Waals surface area contributed by atoms with Crippen molar-refractivity contribution in [2.45, 2.75) is 129 Å². The van der Waals surface area contributed by atoms with Crippen molar-refractivity contribution in [3.63, 3.8) is 0 Å². The van der Waals surface area contributed by atoms with Crippen LogP contribution in [-0.2, 0) is 0 Å². The molecule has 0 aliphatic carbocycles. The van der Waals surface area contributed by atoms with Gasteiger partial charge in [0.2, 0.25) is 0 Å². The molecule has 0 unspecified atom stereocenters. The third-order valence-corrected chi connectivity index (χ3v) is 5.42. The Hall–Kier alpha value is -0.0100. The van der Waals surface area contributed by atoms with Crippen molar-refractivity contribution < 1.29 is 17.3 Å². The van der Waals surface area contributed by atoms with Gasteiger partial charge in [0.1, 0.15) is 0 Å². The molecule has 0 bridgehead atoms. The van der Waals surface area contributed by atoms with Gasteiger partial charge in [-0.25, -0.2) is 0 Å². The summed E-state index contributed by atoms with van der Waals surface area (Å²) in [6, 6.07) is 0. The first-order valence-corrected chi connectivity index (χ1v) is 12.2. The molecule has 27 heavy (non-hydrogen) atoms. The predicted molar refractivity (Wildman–Crippen MR) is 120 cm³/mol. The van der Waals surface area contributed by atoms with Gasteiger partial charge in [-0.2, -0.15) is 0 Å². The Balaban J connectivity index is 0. The summed E-state index contributed by atoms with van der Waals surface area (Å²) in [7, 11) is 4.42. The normalized spacial score (nSPS) is 11.4. The number of allylic oxidation sites excluding steroid dienone is 1. The average molecular weight is 402 g/mol. The quantitative estimate of drug-likeness (QED) is 0.218. The lowest BCUT2D eigenvalue weighted by atomic mass is 10.0. The number of halogens is 1. The van der Waals surface area contributed by atoms with E-state index in [0.717, 1.165) is 0 Å². The molecule has 0 heterocycles. The van der Waals surface area contributed by atoms with Gasteiger partial charge in [-0.05, 0) is 18.9 Å². The van der Waals surface area contributed by atoms with Gasteiger partial charge in [0.25, 0.3) is 0 Å².